The third kappa shape index (κ3) is 5.48. The van der Waals surface area contributed by atoms with Gasteiger partial charge in [-0.05, 0) is 56.0 Å². The summed E-state index contributed by atoms with van der Waals surface area (Å²) in [6, 6.07) is 14.8. The predicted octanol–water partition coefficient (Wildman–Crippen LogP) is 3.53. The standard InChI is InChI=1S/C21H26N2O4/c1-14-9-10-18(22)11-17(14)12-21(3,15(2)19(24)25)23-20(26)27-13-16-7-5-4-6-8-16/h4-11,15H,12-13,22H2,1-3H3,(H,23,26)(H,24,25)/t15?,21-/m0/s1. The summed E-state index contributed by atoms with van der Waals surface area (Å²) in [5.74, 6) is -1.83. The molecular formula is C21H26N2O4. The lowest BCUT2D eigenvalue weighted by molar-refractivity contribution is -0.143. The van der Waals surface area contributed by atoms with Crippen molar-refractivity contribution in [3.63, 3.8) is 0 Å². The molecule has 0 aliphatic carbocycles. The van der Waals surface area contributed by atoms with E-state index in [-0.39, 0.29) is 6.61 Å². The average molecular weight is 370 g/mol. The lowest BCUT2D eigenvalue weighted by Gasteiger charge is -2.34. The van der Waals surface area contributed by atoms with Crippen molar-refractivity contribution < 1.29 is 19.4 Å². The van der Waals surface area contributed by atoms with E-state index in [4.69, 9.17) is 10.5 Å². The maximum absolute atomic E-state index is 12.4. The molecule has 0 fully saturated rings. The molecule has 6 nitrogen and oxygen atoms in total. The zero-order valence-corrected chi connectivity index (χ0v) is 15.9. The second kappa shape index (κ2) is 8.58. The molecule has 27 heavy (non-hydrogen) atoms. The van der Waals surface area contributed by atoms with Gasteiger partial charge in [0.25, 0.3) is 0 Å². The third-order valence-electron chi connectivity index (χ3n) is 4.86. The number of rotatable bonds is 7. The second-order valence-corrected chi connectivity index (χ2v) is 7.03. The normalized spacial score (nSPS) is 14.0. The Labute approximate surface area is 159 Å². The molecule has 0 bridgehead atoms. The van der Waals surface area contributed by atoms with Gasteiger partial charge < -0.3 is 20.9 Å². The van der Waals surface area contributed by atoms with Gasteiger partial charge in [0.15, 0.2) is 0 Å². The first-order valence-electron chi connectivity index (χ1n) is 8.78. The number of nitrogen functional groups attached to an aromatic ring is 1. The first kappa shape index (κ1) is 20.3. The van der Waals surface area contributed by atoms with Crippen LogP contribution >= 0.6 is 0 Å². The minimum absolute atomic E-state index is 0.113. The van der Waals surface area contributed by atoms with E-state index < -0.39 is 23.5 Å². The topological polar surface area (TPSA) is 102 Å². The smallest absolute Gasteiger partial charge is 0.407 e. The third-order valence-corrected chi connectivity index (χ3v) is 4.86. The fraction of sp³-hybridized carbons (Fsp3) is 0.333. The molecule has 0 aliphatic rings. The highest BCUT2D eigenvalue weighted by Crippen LogP contribution is 2.26. The number of nitrogens with two attached hydrogens (primary N) is 1. The molecule has 0 saturated heterocycles. The molecule has 0 aliphatic heterocycles. The van der Waals surface area contributed by atoms with Crippen molar-refractivity contribution in [3.8, 4) is 0 Å². The lowest BCUT2D eigenvalue weighted by Crippen LogP contribution is -2.54. The molecule has 2 rings (SSSR count). The molecule has 1 amide bonds. The number of amides is 1. The lowest BCUT2D eigenvalue weighted by atomic mass is 9.80. The Morgan fingerprint density at radius 1 is 1.22 bits per heavy atom. The highest BCUT2D eigenvalue weighted by molar-refractivity contribution is 5.74. The van der Waals surface area contributed by atoms with Crippen LogP contribution in [-0.4, -0.2) is 22.7 Å². The summed E-state index contributed by atoms with van der Waals surface area (Å²) in [5.41, 5.74) is 8.13. The minimum atomic E-state index is -1.04. The van der Waals surface area contributed by atoms with Crippen LogP contribution in [0.4, 0.5) is 10.5 Å². The highest BCUT2D eigenvalue weighted by Gasteiger charge is 2.38. The van der Waals surface area contributed by atoms with E-state index in [2.05, 4.69) is 5.32 Å². The molecule has 6 heteroatoms. The van der Waals surface area contributed by atoms with Gasteiger partial charge in [-0.25, -0.2) is 4.79 Å². The van der Waals surface area contributed by atoms with Crippen LogP contribution in [0.2, 0.25) is 0 Å². The molecule has 0 radical (unpaired) electrons. The van der Waals surface area contributed by atoms with Gasteiger partial charge in [0.05, 0.1) is 11.5 Å². The van der Waals surface area contributed by atoms with Gasteiger partial charge in [-0.3, -0.25) is 4.79 Å². The van der Waals surface area contributed by atoms with Gasteiger partial charge in [-0.1, -0.05) is 36.4 Å². The van der Waals surface area contributed by atoms with Crippen molar-refractivity contribution in [2.75, 3.05) is 5.73 Å². The minimum Gasteiger partial charge on any atom is -0.481 e. The predicted molar refractivity (Wildman–Crippen MR) is 104 cm³/mol. The number of ether oxygens (including phenoxy) is 1. The Hall–Kier alpha value is -3.02. The molecular weight excluding hydrogens is 344 g/mol. The van der Waals surface area contributed by atoms with E-state index in [1.165, 1.54) is 0 Å². The van der Waals surface area contributed by atoms with Crippen LogP contribution in [0.3, 0.4) is 0 Å². The van der Waals surface area contributed by atoms with Crippen molar-refractivity contribution in [1.82, 2.24) is 5.32 Å². The Bertz CT molecular complexity index is 807. The zero-order valence-electron chi connectivity index (χ0n) is 15.9. The van der Waals surface area contributed by atoms with Crippen molar-refractivity contribution in [3.05, 3.63) is 65.2 Å². The molecule has 0 saturated carbocycles. The summed E-state index contributed by atoms with van der Waals surface area (Å²) in [6.45, 7) is 5.31. The number of hydrogen-bond donors (Lipinski definition) is 3. The molecule has 2 aromatic carbocycles. The monoisotopic (exact) mass is 370 g/mol. The Morgan fingerprint density at radius 2 is 1.89 bits per heavy atom. The van der Waals surface area contributed by atoms with Crippen LogP contribution in [0.1, 0.15) is 30.5 Å². The average Bonchev–Trinajstić information content (AvgIpc) is 2.63. The van der Waals surface area contributed by atoms with E-state index in [0.29, 0.717) is 12.1 Å². The van der Waals surface area contributed by atoms with Gasteiger partial charge in [0.1, 0.15) is 6.61 Å². The number of alkyl carbamates (subject to hydrolysis) is 1. The van der Waals surface area contributed by atoms with Gasteiger partial charge >= 0.3 is 12.1 Å². The van der Waals surface area contributed by atoms with Crippen LogP contribution in [0.5, 0.6) is 0 Å². The van der Waals surface area contributed by atoms with E-state index in [1.807, 2.05) is 43.3 Å². The largest absolute Gasteiger partial charge is 0.481 e. The maximum Gasteiger partial charge on any atom is 0.407 e. The number of hydrogen-bond acceptors (Lipinski definition) is 4. The van der Waals surface area contributed by atoms with Crippen LogP contribution in [0.15, 0.2) is 48.5 Å². The number of carboxylic acid groups (broad SMARTS) is 1. The van der Waals surface area contributed by atoms with Crippen molar-refractivity contribution in [1.29, 1.82) is 0 Å². The molecule has 2 atom stereocenters. The number of carbonyl (C=O) groups excluding carboxylic acids is 1. The molecule has 0 spiro atoms. The first-order valence-corrected chi connectivity index (χ1v) is 8.78. The van der Waals surface area contributed by atoms with Crippen LogP contribution in [-0.2, 0) is 22.6 Å². The SMILES string of the molecule is Cc1ccc(N)cc1C[C@](C)(NC(=O)OCc1ccccc1)C(C)C(=O)O. The van der Waals surface area contributed by atoms with Gasteiger partial charge in [-0.15, -0.1) is 0 Å². The summed E-state index contributed by atoms with van der Waals surface area (Å²) >= 11 is 0. The number of nitrogens with one attached hydrogen (secondary N) is 1. The van der Waals surface area contributed by atoms with Crippen molar-refractivity contribution in [2.24, 2.45) is 5.92 Å². The molecule has 1 unspecified atom stereocenters. The number of aryl methyl sites for hydroxylation is 1. The fourth-order valence-corrected chi connectivity index (χ4v) is 2.85. The summed E-state index contributed by atoms with van der Waals surface area (Å²) in [7, 11) is 0. The van der Waals surface area contributed by atoms with Gasteiger partial charge in [-0.2, -0.15) is 0 Å². The maximum atomic E-state index is 12.4. The first-order chi connectivity index (χ1) is 12.7. The van der Waals surface area contributed by atoms with Crippen molar-refractivity contribution in [2.45, 2.75) is 39.3 Å². The number of benzene rings is 2. The highest BCUT2D eigenvalue weighted by atomic mass is 16.5. The number of anilines is 1. The summed E-state index contributed by atoms with van der Waals surface area (Å²) in [6.07, 6.45) is -0.339. The molecule has 4 N–H and O–H groups in total. The summed E-state index contributed by atoms with van der Waals surface area (Å²) in [4.78, 5) is 24.0. The molecule has 144 valence electrons. The summed E-state index contributed by atoms with van der Waals surface area (Å²) < 4.78 is 5.28. The van der Waals surface area contributed by atoms with Crippen LogP contribution in [0.25, 0.3) is 0 Å². The Kier molecular flexibility index (Phi) is 6.45. The molecule has 0 aromatic heterocycles. The number of aliphatic carboxylic acids is 1. The van der Waals surface area contributed by atoms with Crippen LogP contribution < -0.4 is 11.1 Å². The van der Waals surface area contributed by atoms with E-state index in [9.17, 15) is 14.7 Å². The van der Waals surface area contributed by atoms with Gasteiger partial charge in [0, 0.05) is 5.69 Å². The van der Waals surface area contributed by atoms with E-state index in [1.54, 1.807) is 26.0 Å². The van der Waals surface area contributed by atoms with Gasteiger partial charge in [0.2, 0.25) is 0 Å². The zero-order chi connectivity index (χ0) is 20.0. The molecule has 0 heterocycles. The number of carbonyl (C=O) groups is 2. The Morgan fingerprint density at radius 3 is 2.52 bits per heavy atom. The summed E-state index contributed by atoms with van der Waals surface area (Å²) in [5, 5.41) is 12.3. The van der Waals surface area contributed by atoms with Crippen LogP contribution in [0, 0.1) is 12.8 Å². The van der Waals surface area contributed by atoms with E-state index in [0.717, 1.165) is 16.7 Å². The van der Waals surface area contributed by atoms with E-state index >= 15 is 0 Å². The second-order valence-electron chi connectivity index (χ2n) is 7.03. The van der Waals surface area contributed by atoms with Crippen molar-refractivity contribution >= 4 is 17.7 Å². The Balaban J connectivity index is 2.16. The number of carboxylic acids is 1. The quantitative estimate of drug-likeness (QED) is 0.647. The fourth-order valence-electron chi connectivity index (χ4n) is 2.85. The molecule has 2 aromatic rings.